The lowest BCUT2D eigenvalue weighted by atomic mass is 10.1. The molecular weight excluding hydrogens is 250 g/mol. The first kappa shape index (κ1) is 15.0. The Kier molecular flexibility index (Phi) is 5.17. The summed E-state index contributed by atoms with van der Waals surface area (Å²) >= 11 is 0. The minimum absolute atomic E-state index is 0.507. The molecule has 5 heteroatoms. The molecule has 3 N–H and O–H groups in total. The van der Waals surface area contributed by atoms with Crippen molar-refractivity contribution in [1.82, 2.24) is 9.97 Å². The number of hydrogen-bond donors (Lipinski definition) is 2. The van der Waals surface area contributed by atoms with Crippen LogP contribution in [0.3, 0.4) is 0 Å². The second-order valence-corrected chi connectivity index (χ2v) is 6.15. The van der Waals surface area contributed by atoms with E-state index in [1.165, 1.54) is 32.1 Å². The van der Waals surface area contributed by atoms with Gasteiger partial charge < -0.3 is 4.90 Å². The molecule has 5 nitrogen and oxygen atoms in total. The molecule has 0 atom stereocenters. The van der Waals surface area contributed by atoms with Gasteiger partial charge in [-0.3, -0.25) is 5.43 Å². The summed E-state index contributed by atoms with van der Waals surface area (Å²) in [5, 5.41) is 0. The van der Waals surface area contributed by atoms with Crippen molar-refractivity contribution in [1.29, 1.82) is 0 Å². The number of hydrazine groups is 1. The predicted octanol–water partition coefficient (Wildman–Crippen LogP) is 2.87. The van der Waals surface area contributed by atoms with Crippen LogP contribution in [0.25, 0.3) is 0 Å². The molecule has 1 saturated carbocycles. The molecule has 1 aliphatic carbocycles. The van der Waals surface area contributed by atoms with Crippen molar-refractivity contribution in [3.05, 3.63) is 11.8 Å². The first-order chi connectivity index (χ1) is 9.60. The van der Waals surface area contributed by atoms with Crippen molar-refractivity contribution >= 4 is 11.8 Å². The molecule has 1 aromatic rings. The number of nitrogen functional groups attached to an aromatic ring is 1. The Labute approximate surface area is 121 Å². The largest absolute Gasteiger partial charge is 0.353 e. The van der Waals surface area contributed by atoms with Crippen LogP contribution in [0.4, 0.5) is 11.8 Å². The Hall–Kier alpha value is -1.36. The predicted molar refractivity (Wildman–Crippen MR) is 83.6 cm³/mol. The summed E-state index contributed by atoms with van der Waals surface area (Å²) in [6.45, 7) is 7.58. The molecule has 1 fully saturated rings. The highest BCUT2D eigenvalue weighted by molar-refractivity contribution is 5.45. The minimum atomic E-state index is 0.507. The highest BCUT2D eigenvalue weighted by Crippen LogP contribution is 2.28. The molecule has 0 bridgehead atoms. The lowest BCUT2D eigenvalue weighted by Crippen LogP contribution is -2.35. The van der Waals surface area contributed by atoms with Crippen LogP contribution in [0.15, 0.2) is 6.07 Å². The molecule has 0 aromatic carbocycles. The molecule has 1 aromatic heterocycles. The number of aryl methyl sites for hydroxylation is 1. The fourth-order valence-corrected chi connectivity index (χ4v) is 2.86. The summed E-state index contributed by atoms with van der Waals surface area (Å²) in [6, 6.07) is 2.69. The van der Waals surface area contributed by atoms with Crippen molar-refractivity contribution in [2.75, 3.05) is 16.9 Å². The lowest BCUT2D eigenvalue weighted by Gasteiger charge is -2.31. The van der Waals surface area contributed by atoms with E-state index in [4.69, 9.17) is 5.84 Å². The fourth-order valence-electron chi connectivity index (χ4n) is 2.86. The van der Waals surface area contributed by atoms with Crippen LogP contribution in [0.1, 0.15) is 51.6 Å². The van der Waals surface area contributed by atoms with E-state index in [-0.39, 0.29) is 0 Å². The molecule has 0 spiro atoms. The van der Waals surface area contributed by atoms with Gasteiger partial charge in [-0.15, -0.1) is 0 Å². The molecule has 0 saturated heterocycles. The number of nitrogens with zero attached hydrogens (tertiary/aromatic N) is 3. The van der Waals surface area contributed by atoms with Gasteiger partial charge in [-0.1, -0.05) is 26.7 Å². The standard InChI is InChI=1S/C15H27N5/c1-11(2)8-9-20(13-6-4-5-7-13)14-10-12(3)17-15(18-14)19-16/h10-11,13H,4-9,16H2,1-3H3,(H,17,18,19). The summed E-state index contributed by atoms with van der Waals surface area (Å²) in [5.41, 5.74) is 3.52. The number of aromatic nitrogens is 2. The number of nitrogens with one attached hydrogen (secondary N) is 1. The lowest BCUT2D eigenvalue weighted by molar-refractivity contribution is 0.525. The summed E-state index contributed by atoms with van der Waals surface area (Å²) in [7, 11) is 0. The van der Waals surface area contributed by atoms with E-state index in [1.54, 1.807) is 0 Å². The van der Waals surface area contributed by atoms with E-state index in [0.717, 1.165) is 18.1 Å². The van der Waals surface area contributed by atoms with Crippen molar-refractivity contribution < 1.29 is 0 Å². The van der Waals surface area contributed by atoms with Crippen molar-refractivity contribution in [3.8, 4) is 0 Å². The van der Waals surface area contributed by atoms with Crippen molar-refractivity contribution in [2.45, 2.75) is 58.9 Å². The third-order valence-corrected chi connectivity index (χ3v) is 3.98. The van der Waals surface area contributed by atoms with Gasteiger partial charge in [0.2, 0.25) is 5.95 Å². The minimum Gasteiger partial charge on any atom is -0.353 e. The monoisotopic (exact) mass is 277 g/mol. The third kappa shape index (κ3) is 3.82. The van der Waals surface area contributed by atoms with E-state index < -0.39 is 0 Å². The molecule has 2 rings (SSSR count). The van der Waals surface area contributed by atoms with Gasteiger partial charge in [0.05, 0.1) is 0 Å². The average molecular weight is 277 g/mol. The van der Waals surface area contributed by atoms with Crippen LogP contribution < -0.4 is 16.2 Å². The van der Waals surface area contributed by atoms with E-state index in [0.29, 0.717) is 17.9 Å². The van der Waals surface area contributed by atoms with Gasteiger partial charge in [0.15, 0.2) is 0 Å². The average Bonchev–Trinajstić information content (AvgIpc) is 2.92. The summed E-state index contributed by atoms with van der Waals surface area (Å²) in [4.78, 5) is 11.3. The van der Waals surface area contributed by atoms with Crippen LogP contribution >= 0.6 is 0 Å². The first-order valence-corrected chi connectivity index (χ1v) is 7.69. The van der Waals surface area contributed by atoms with Gasteiger partial charge in [-0.25, -0.2) is 10.8 Å². The zero-order valence-electron chi connectivity index (χ0n) is 12.9. The topological polar surface area (TPSA) is 67.1 Å². The van der Waals surface area contributed by atoms with Crippen LogP contribution in [0.2, 0.25) is 0 Å². The maximum absolute atomic E-state index is 5.47. The van der Waals surface area contributed by atoms with Gasteiger partial charge in [-0.2, -0.15) is 4.98 Å². The Bertz CT molecular complexity index is 426. The van der Waals surface area contributed by atoms with E-state index in [2.05, 4.69) is 40.2 Å². The van der Waals surface area contributed by atoms with Gasteiger partial charge in [-0.05, 0) is 32.1 Å². The Balaban J connectivity index is 2.22. The van der Waals surface area contributed by atoms with Crippen LogP contribution in [-0.4, -0.2) is 22.6 Å². The van der Waals surface area contributed by atoms with Crippen LogP contribution in [0, 0.1) is 12.8 Å². The molecule has 20 heavy (non-hydrogen) atoms. The van der Waals surface area contributed by atoms with E-state index in [9.17, 15) is 0 Å². The first-order valence-electron chi connectivity index (χ1n) is 7.69. The van der Waals surface area contributed by atoms with Gasteiger partial charge in [0.1, 0.15) is 5.82 Å². The second-order valence-electron chi connectivity index (χ2n) is 6.15. The zero-order chi connectivity index (χ0) is 14.5. The number of nitrogens with two attached hydrogens (primary N) is 1. The molecule has 0 amide bonds. The summed E-state index contributed by atoms with van der Waals surface area (Å²) < 4.78 is 0. The Morgan fingerprint density at radius 2 is 2.05 bits per heavy atom. The molecule has 1 aliphatic rings. The normalized spacial score (nSPS) is 15.8. The number of hydrogen-bond acceptors (Lipinski definition) is 5. The van der Waals surface area contributed by atoms with Gasteiger partial charge in [0.25, 0.3) is 0 Å². The number of rotatable bonds is 6. The van der Waals surface area contributed by atoms with E-state index in [1.807, 2.05) is 6.92 Å². The molecular formula is C15H27N5. The molecule has 0 aliphatic heterocycles. The summed E-state index contributed by atoms with van der Waals surface area (Å²) in [6.07, 6.45) is 6.38. The molecule has 1 heterocycles. The molecule has 0 radical (unpaired) electrons. The smallest absolute Gasteiger partial charge is 0.239 e. The Morgan fingerprint density at radius 3 is 2.65 bits per heavy atom. The van der Waals surface area contributed by atoms with Crippen molar-refractivity contribution in [2.24, 2.45) is 11.8 Å². The fraction of sp³-hybridized carbons (Fsp3) is 0.733. The number of anilines is 2. The quantitative estimate of drug-likeness (QED) is 0.618. The van der Waals surface area contributed by atoms with Gasteiger partial charge in [0, 0.05) is 24.3 Å². The van der Waals surface area contributed by atoms with Gasteiger partial charge >= 0.3 is 0 Å². The maximum atomic E-state index is 5.47. The third-order valence-electron chi connectivity index (χ3n) is 3.98. The highest BCUT2D eigenvalue weighted by atomic mass is 15.3. The van der Waals surface area contributed by atoms with Crippen molar-refractivity contribution in [3.63, 3.8) is 0 Å². The van der Waals surface area contributed by atoms with Crippen LogP contribution in [0.5, 0.6) is 0 Å². The maximum Gasteiger partial charge on any atom is 0.239 e. The second kappa shape index (κ2) is 6.88. The highest BCUT2D eigenvalue weighted by Gasteiger charge is 2.24. The SMILES string of the molecule is Cc1cc(N(CCC(C)C)C2CCCC2)nc(NN)n1. The molecule has 112 valence electrons. The van der Waals surface area contributed by atoms with E-state index >= 15 is 0 Å². The molecule has 0 unspecified atom stereocenters. The van der Waals surface area contributed by atoms with Crippen LogP contribution in [-0.2, 0) is 0 Å². The Morgan fingerprint density at radius 1 is 1.35 bits per heavy atom. The zero-order valence-corrected chi connectivity index (χ0v) is 12.9. The summed E-state index contributed by atoms with van der Waals surface area (Å²) in [5.74, 6) is 7.69.